The fourth-order valence-corrected chi connectivity index (χ4v) is 2.97. The molecule has 1 saturated heterocycles. The number of H-pyrrole nitrogens is 1. The summed E-state index contributed by atoms with van der Waals surface area (Å²) in [6, 6.07) is 2.16. The first-order chi connectivity index (χ1) is 9.05. The lowest BCUT2D eigenvalue weighted by Gasteiger charge is -2.21. The average Bonchev–Trinajstić information content (AvgIpc) is 2.98. The normalized spacial score (nSPS) is 20.3. The molecule has 3 rings (SSSR count). The summed E-state index contributed by atoms with van der Waals surface area (Å²) in [7, 11) is 0. The number of nitrogens with one attached hydrogen (secondary N) is 1. The fourth-order valence-electron chi connectivity index (χ4n) is 2.97. The van der Waals surface area contributed by atoms with E-state index in [2.05, 4.69) is 43.0 Å². The van der Waals surface area contributed by atoms with Crippen molar-refractivity contribution < 1.29 is 4.74 Å². The van der Waals surface area contributed by atoms with Crippen LogP contribution in [0, 0.1) is 5.92 Å². The van der Waals surface area contributed by atoms with Crippen LogP contribution in [-0.2, 0) is 16.6 Å². The van der Waals surface area contributed by atoms with Gasteiger partial charge < -0.3 is 9.72 Å². The van der Waals surface area contributed by atoms with Crippen LogP contribution in [0.3, 0.4) is 0 Å². The van der Waals surface area contributed by atoms with Gasteiger partial charge in [0.05, 0.1) is 0 Å². The SMILES string of the molecule is CC(C)(C)c1ccnc2[nH]cc(CC3CCOC3)c12. The Bertz CT molecular complexity index is 574. The molecular formula is C16H22N2O. The number of ether oxygens (including phenoxy) is 1. The van der Waals surface area contributed by atoms with E-state index in [4.69, 9.17) is 4.74 Å². The van der Waals surface area contributed by atoms with Crippen molar-refractivity contribution >= 4 is 11.0 Å². The van der Waals surface area contributed by atoms with Gasteiger partial charge in [-0.05, 0) is 41.4 Å². The van der Waals surface area contributed by atoms with Crippen molar-refractivity contribution in [1.82, 2.24) is 9.97 Å². The van der Waals surface area contributed by atoms with Crippen LogP contribution in [0.5, 0.6) is 0 Å². The molecule has 19 heavy (non-hydrogen) atoms. The predicted molar refractivity (Wildman–Crippen MR) is 77.4 cm³/mol. The second kappa shape index (κ2) is 4.64. The van der Waals surface area contributed by atoms with Crippen molar-refractivity contribution in [1.29, 1.82) is 0 Å². The average molecular weight is 258 g/mol. The molecule has 3 heteroatoms. The van der Waals surface area contributed by atoms with Crippen LogP contribution in [0.4, 0.5) is 0 Å². The second-order valence-electron chi connectivity index (χ2n) is 6.58. The molecule has 102 valence electrons. The molecular weight excluding hydrogens is 236 g/mol. The molecule has 1 N–H and O–H groups in total. The fraction of sp³-hybridized carbons (Fsp3) is 0.562. The molecule has 0 radical (unpaired) electrons. The third-order valence-corrected chi connectivity index (χ3v) is 4.00. The van der Waals surface area contributed by atoms with Crippen molar-refractivity contribution in [2.24, 2.45) is 5.92 Å². The summed E-state index contributed by atoms with van der Waals surface area (Å²) in [6.45, 7) is 8.60. The van der Waals surface area contributed by atoms with Crippen molar-refractivity contribution in [3.63, 3.8) is 0 Å². The molecule has 0 spiro atoms. The molecule has 0 amide bonds. The molecule has 1 aliphatic rings. The Morgan fingerprint density at radius 3 is 2.95 bits per heavy atom. The molecule has 1 fully saturated rings. The van der Waals surface area contributed by atoms with Crippen molar-refractivity contribution in [2.45, 2.75) is 39.0 Å². The van der Waals surface area contributed by atoms with E-state index in [1.165, 1.54) is 22.9 Å². The zero-order valence-corrected chi connectivity index (χ0v) is 12.0. The van der Waals surface area contributed by atoms with Gasteiger partial charge in [-0.25, -0.2) is 4.98 Å². The van der Waals surface area contributed by atoms with E-state index in [-0.39, 0.29) is 5.41 Å². The Hall–Kier alpha value is -1.35. The topological polar surface area (TPSA) is 37.9 Å². The summed E-state index contributed by atoms with van der Waals surface area (Å²) in [5.41, 5.74) is 3.93. The van der Waals surface area contributed by atoms with Gasteiger partial charge in [-0.2, -0.15) is 0 Å². The quantitative estimate of drug-likeness (QED) is 0.896. The molecule has 2 aromatic rings. The highest BCUT2D eigenvalue weighted by molar-refractivity contribution is 5.84. The van der Waals surface area contributed by atoms with Gasteiger partial charge in [-0.1, -0.05) is 20.8 Å². The van der Waals surface area contributed by atoms with Gasteiger partial charge in [-0.3, -0.25) is 0 Å². The number of fused-ring (bicyclic) bond motifs is 1. The maximum atomic E-state index is 5.49. The van der Waals surface area contributed by atoms with Gasteiger partial charge >= 0.3 is 0 Å². The first-order valence-electron chi connectivity index (χ1n) is 7.09. The van der Waals surface area contributed by atoms with Crippen LogP contribution in [0.1, 0.15) is 38.3 Å². The zero-order valence-electron chi connectivity index (χ0n) is 12.0. The number of hydrogen-bond acceptors (Lipinski definition) is 2. The molecule has 1 unspecified atom stereocenters. The van der Waals surface area contributed by atoms with Gasteiger partial charge in [0, 0.05) is 31.0 Å². The highest BCUT2D eigenvalue weighted by Gasteiger charge is 2.23. The Morgan fingerprint density at radius 1 is 1.42 bits per heavy atom. The lowest BCUT2D eigenvalue weighted by Crippen LogP contribution is -2.13. The lowest BCUT2D eigenvalue weighted by molar-refractivity contribution is 0.186. The minimum atomic E-state index is 0.143. The Balaban J connectivity index is 2.04. The third-order valence-electron chi connectivity index (χ3n) is 4.00. The van der Waals surface area contributed by atoms with Gasteiger partial charge in [-0.15, -0.1) is 0 Å². The molecule has 0 aromatic carbocycles. The maximum Gasteiger partial charge on any atom is 0.137 e. The first kappa shape index (κ1) is 12.7. The number of aromatic amines is 1. The van der Waals surface area contributed by atoms with E-state index in [1.54, 1.807) is 0 Å². The van der Waals surface area contributed by atoms with Gasteiger partial charge in [0.1, 0.15) is 5.65 Å². The molecule has 3 heterocycles. The van der Waals surface area contributed by atoms with Crippen molar-refractivity contribution in [2.75, 3.05) is 13.2 Å². The van der Waals surface area contributed by atoms with E-state index in [0.29, 0.717) is 5.92 Å². The summed E-state index contributed by atoms with van der Waals surface area (Å²) in [6.07, 6.45) is 6.31. The predicted octanol–water partition coefficient (Wildman–Crippen LogP) is 3.44. The first-order valence-corrected chi connectivity index (χ1v) is 7.09. The van der Waals surface area contributed by atoms with Gasteiger partial charge in [0.25, 0.3) is 0 Å². The zero-order chi connectivity index (χ0) is 13.5. The number of pyridine rings is 1. The van der Waals surface area contributed by atoms with Crippen LogP contribution in [0.15, 0.2) is 18.5 Å². The van der Waals surface area contributed by atoms with E-state index in [9.17, 15) is 0 Å². The largest absolute Gasteiger partial charge is 0.381 e. The number of nitrogens with zero attached hydrogens (tertiary/aromatic N) is 1. The Kier molecular flexibility index (Phi) is 3.09. The molecule has 1 aliphatic heterocycles. The highest BCUT2D eigenvalue weighted by atomic mass is 16.5. The van der Waals surface area contributed by atoms with Gasteiger partial charge in [0.15, 0.2) is 0 Å². The maximum absolute atomic E-state index is 5.49. The summed E-state index contributed by atoms with van der Waals surface area (Å²) in [5.74, 6) is 0.659. The van der Waals surface area contributed by atoms with Gasteiger partial charge in [0.2, 0.25) is 0 Å². The molecule has 2 aromatic heterocycles. The van der Waals surface area contributed by atoms with E-state index < -0.39 is 0 Å². The Labute approximate surface area is 114 Å². The van der Waals surface area contributed by atoms with Crippen LogP contribution in [0.25, 0.3) is 11.0 Å². The minimum absolute atomic E-state index is 0.143. The molecule has 1 atom stereocenters. The molecule has 3 nitrogen and oxygen atoms in total. The summed E-state index contributed by atoms with van der Waals surface area (Å²) in [5, 5.41) is 1.32. The smallest absolute Gasteiger partial charge is 0.137 e. The minimum Gasteiger partial charge on any atom is -0.381 e. The monoisotopic (exact) mass is 258 g/mol. The molecule has 0 bridgehead atoms. The summed E-state index contributed by atoms with van der Waals surface area (Å²) >= 11 is 0. The number of aromatic nitrogens is 2. The van der Waals surface area contributed by atoms with Crippen LogP contribution in [0.2, 0.25) is 0 Å². The standard InChI is InChI=1S/C16H22N2O/c1-16(2,3)13-4-6-17-15-14(13)12(9-18-15)8-11-5-7-19-10-11/h4,6,9,11H,5,7-8,10H2,1-3H3,(H,17,18). The summed E-state index contributed by atoms with van der Waals surface area (Å²) in [4.78, 5) is 7.79. The van der Waals surface area contributed by atoms with Crippen LogP contribution < -0.4 is 0 Å². The number of hydrogen-bond donors (Lipinski definition) is 1. The van der Waals surface area contributed by atoms with E-state index >= 15 is 0 Å². The number of rotatable bonds is 2. The molecule has 0 saturated carbocycles. The van der Waals surface area contributed by atoms with E-state index in [0.717, 1.165) is 25.3 Å². The van der Waals surface area contributed by atoms with Crippen LogP contribution >= 0.6 is 0 Å². The van der Waals surface area contributed by atoms with Crippen molar-refractivity contribution in [3.05, 3.63) is 29.6 Å². The second-order valence-corrected chi connectivity index (χ2v) is 6.58. The van der Waals surface area contributed by atoms with Crippen molar-refractivity contribution in [3.8, 4) is 0 Å². The highest BCUT2D eigenvalue weighted by Crippen LogP contribution is 2.32. The summed E-state index contributed by atoms with van der Waals surface area (Å²) < 4.78 is 5.49. The third kappa shape index (κ3) is 2.39. The van der Waals surface area contributed by atoms with E-state index in [1.807, 2.05) is 6.20 Å². The lowest BCUT2D eigenvalue weighted by atomic mass is 9.84. The van der Waals surface area contributed by atoms with Crippen LogP contribution in [-0.4, -0.2) is 23.2 Å². The molecule has 0 aliphatic carbocycles. The Morgan fingerprint density at radius 2 is 2.26 bits per heavy atom.